The zero-order valence-corrected chi connectivity index (χ0v) is 22.6. The van der Waals surface area contributed by atoms with Gasteiger partial charge >= 0.3 is 0 Å². The highest BCUT2D eigenvalue weighted by Crippen LogP contribution is 2.30. The molecule has 40 heavy (non-hydrogen) atoms. The van der Waals surface area contributed by atoms with Gasteiger partial charge in [0.05, 0.1) is 16.3 Å². The Bertz CT molecular complexity index is 1610. The van der Waals surface area contributed by atoms with Crippen molar-refractivity contribution in [3.8, 4) is 11.5 Å². The van der Waals surface area contributed by atoms with Gasteiger partial charge in [-0.2, -0.15) is 0 Å². The maximum atomic E-state index is 13.4. The quantitative estimate of drug-likeness (QED) is 0.162. The molecular weight excluding hydrogens is 550 g/mol. The van der Waals surface area contributed by atoms with Gasteiger partial charge in [0.2, 0.25) is 6.17 Å². The molecule has 1 atom stereocenters. The van der Waals surface area contributed by atoms with Gasteiger partial charge < -0.3 is 20.3 Å². The largest absolute Gasteiger partial charge is 0.457 e. The number of likely N-dealkylation sites (N-methyl/N-ethyl adjacent to an activating group) is 1. The van der Waals surface area contributed by atoms with Gasteiger partial charge in [0.15, 0.2) is 5.11 Å². The Morgan fingerprint density at radius 2 is 1.65 bits per heavy atom. The van der Waals surface area contributed by atoms with Crippen LogP contribution in [0.1, 0.15) is 11.1 Å². The Hall–Kier alpha value is -4.80. The molecule has 4 aromatic rings. The number of halogens is 1. The number of nitro groups is 1. The number of carbonyl (C=O) groups excluding carboxylic acids is 1. The van der Waals surface area contributed by atoms with E-state index in [-0.39, 0.29) is 16.7 Å². The van der Waals surface area contributed by atoms with Crippen LogP contribution in [0.15, 0.2) is 102 Å². The van der Waals surface area contributed by atoms with Crippen LogP contribution in [0.4, 0.5) is 17.1 Å². The highest BCUT2D eigenvalue weighted by atomic mass is 35.5. The highest BCUT2D eigenvalue weighted by molar-refractivity contribution is 7.80. The number of hydrogen-bond donors (Lipinski definition) is 2. The molecule has 1 aliphatic rings. The number of carbonyl (C=O) groups is 1. The van der Waals surface area contributed by atoms with Gasteiger partial charge in [0.1, 0.15) is 11.5 Å². The molecule has 1 unspecified atom stereocenters. The van der Waals surface area contributed by atoms with E-state index < -0.39 is 11.1 Å². The molecule has 2 N–H and O–H groups in total. The second-order valence-electron chi connectivity index (χ2n) is 8.78. The first-order valence-corrected chi connectivity index (χ1v) is 12.9. The molecule has 0 saturated carbocycles. The molecule has 200 valence electrons. The van der Waals surface area contributed by atoms with E-state index in [9.17, 15) is 14.9 Å². The third-order valence-corrected chi connectivity index (χ3v) is 6.56. The lowest BCUT2D eigenvalue weighted by molar-refractivity contribution is -0.384. The van der Waals surface area contributed by atoms with Gasteiger partial charge in [-0.05, 0) is 66.8 Å². The SMILES string of the molecule is CN1C(=O)C(NC(=S)Nc2ccc(Oc3ccc([N+](=O)[O-])cc3)cc2)N=C(c2ccccc2)c2cc(Cl)ccc21. The van der Waals surface area contributed by atoms with Gasteiger partial charge in [-0.25, -0.2) is 4.99 Å². The summed E-state index contributed by atoms with van der Waals surface area (Å²) in [4.78, 5) is 30.1. The average Bonchev–Trinajstić information content (AvgIpc) is 3.05. The van der Waals surface area contributed by atoms with Gasteiger partial charge in [-0.15, -0.1) is 0 Å². The van der Waals surface area contributed by atoms with Gasteiger partial charge in [0.25, 0.3) is 11.6 Å². The fourth-order valence-corrected chi connectivity index (χ4v) is 4.54. The molecular formula is C29H22ClN5O4S. The van der Waals surface area contributed by atoms with E-state index >= 15 is 0 Å². The molecule has 5 rings (SSSR count). The molecule has 0 aliphatic carbocycles. The van der Waals surface area contributed by atoms with Crippen LogP contribution in [0.5, 0.6) is 11.5 Å². The van der Waals surface area contributed by atoms with Crippen molar-refractivity contribution in [3.63, 3.8) is 0 Å². The summed E-state index contributed by atoms with van der Waals surface area (Å²) in [5.74, 6) is 0.715. The topological polar surface area (TPSA) is 109 Å². The first kappa shape index (κ1) is 26.8. The number of benzene rings is 4. The minimum absolute atomic E-state index is 0.0147. The van der Waals surface area contributed by atoms with Crippen molar-refractivity contribution in [1.29, 1.82) is 0 Å². The smallest absolute Gasteiger partial charge is 0.272 e. The number of non-ortho nitro benzene ring substituents is 1. The van der Waals surface area contributed by atoms with Crippen LogP contribution in [0.2, 0.25) is 5.02 Å². The number of nitrogens with one attached hydrogen (secondary N) is 2. The summed E-state index contributed by atoms with van der Waals surface area (Å²) in [7, 11) is 1.69. The predicted octanol–water partition coefficient (Wildman–Crippen LogP) is 6.17. The summed E-state index contributed by atoms with van der Waals surface area (Å²) in [6.07, 6.45) is -0.990. The van der Waals surface area contributed by atoms with Gasteiger partial charge in [-0.3, -0.25) is 14.9 Å². The summed E-state index contributed by atoms with van der Waals surface area (Å²) in [6, 6.07) is 27.7. The summed E-state index contributed by atoms with van der Waals surface area (Å²) in [5, 5.41) is 17.7. The van der Waals surface area contributed by atoms with Crippen LogP contribution in [-0.4, -0.2) is 34.9 Å². The first-order valence-electron chi connectivity index (χ1n) is 12.1. The number of nitrogens with zero attached hydrogens (tertiary/aromatic N) is 3. The van der Waals surface area contributed by atoms with Crippen molar-refractivity contribution in [2.24, 2.45) is 4.99 Å². The van der Waals surface area contributed by atoms with Crippen molar-refractivity contribution in [2.75, 3.05) is 17.3 Å². The van der Waals surface area contributed by atoms with Gasteiger partial charge in [-0.1, -0.05) is 41.9 Å². The van der Waals surface area contributed by atoms with E-state index in [0.29, 0.717) is 33.6 Å². The molecule has 0 radical (unpaired) electrons. The molecule has 4 aromatic carbocycles. The van der Waals surface area contributed by atoms with Gasteiger partial charge in [0, 0.05) is 41.0 Å². The second kappa shape index (κ2) is 11.5. The lowest BCUT2D eigenvalue weighted by Crippen LogP contribution is -2.47. The predicted molar refractivity (Wildman–Crippen MR) is 160 cm³/mol. The minimum Gasteiger partial charge on any atom is -0.457 e. The third kappa shape index (κ3) is 5.93. The van der Waals surface area contributed by atoms with Crippen molar-refractivity contribution in [3.05, 3.63) is 123 Å². The summed E-state index contributed by atoms with van der Waals surface area (Å²) >= 11 is 11.8. The lowest BCUT2D eigenvalue weighted by atomic mass is 10.0. The molecule has 0 spiro atoms. The summed E-state index contributed by atoms with van der Waals surface area (Å²) < 4.78 is 5.75. The van der Waals surface area contributed by atoms with E-state index in [1.807, 2.05) is 30.3 Å². The summed E-state index contributed by atoms with van der Waals surface area (Å²) in [6.45, 7) is 0. The number of anilines is 2. The van der Waals surface area contributed by atoms with Crippen LogP contribution in [0, 0.1) is 10.1 Å². The molecule has 0 aromatic heterocycles. The normalized spacial score (nSPS) is 14.4. The first-order chi connectivity index (χ1) is 19.3. The molecule has 0 saturated heterocycles. The van der Waals surface area contributed by atoms with Crippen LogP contribution in [0.25, 0.3) is 0 Å². The van der Waals surface area contributed by atoms with E-state index in [4.69, 9.17) is 33.5 Å². The number of fused-ring (bicyclic) bond motifs is 1. The van der Waals surface area contributed by atoms with E-state index in [0.717, 1.165) is 11.1 Å². The molecule has 9 nitrogen and oxygen atoms in total. The number of hydrogen-bond acceptors (Lipinski definition) is 6. The van der Waals surface area contributed by atoms with Crippen molar-refractivity contribution < 1.29 is 14.5 Å². The van der Waals surface area contributed by atoms with Crippen LogP contribution < -0.4 is 20.3 Å². The Balaban J connectivity index is 1.32. The average molecular weight is 572 g/mol. The summed E-state index contributed by atoms with van der Waals surface area (Å²) in [5.41, 5.74) is 3.52. The van der Waals surface area contributed by atoms with Crippen molar-refractivity contribution in [1.82, 2.24) is 5.32 Å². The fraction of sp³-hybridized carbons (Fsp3) is 0.0690. The number of ether oxygens (including phenoxy) is 1. The Morgan fingerprint density at radius 1 is 1.00 bits per heavy atom. The molecule has 11 heteroatoms. The highest BCUT2D eigenvalue weighted by Gasteiger charge is 2.30. The fourth-order valence-electron chi connectivity index (χ4n) is 4.14. The maximum Gasteiger partial charge on any atom is 0.272 e. The maximum absolute atomic E-state index is 13.4. The third-order valence-electron chi connectivity index (χ3n) is 6.11. The van der Waals surface area contributed by atoms with E-state index in [1.165, 1.54) is 29.2 Å². The van der Waals surface area contributed by atoms with Crippen LogP contribution in [0.3, 0.4) is 0 Å². The number of thiocarbonyl (C=S) groups is 1. The Labute approximate surface area is 240 Å². The monoisotopic (exact) mass is 571 g/mol. The molecule has 1 heterocycles. The Morgan fingerprint density at radius 3 is 2.30 bits per heavy atom. The molecule has 0 fully saturated rings. The molecule has 1 amide bonds. The Kier molecular flexibility index (Phi) is 7.72. The van der Waals surface area contributed by atoms with Crippen LogP contribution in [-0.2, 0) is 4.79 Å². The van der Waals surface area contributed by atoms with Crippen molar-refractivity contribution in [2.45, 2.75) is 6.17 Å². The van der Waals surface area contributed by atoms with Crippen LogP contribution >= 0.6 is 23.8 Å². The zero-order chi connectivity index (χ0) is 28.2. The number of benzodiazepines with no additional fused rings is 1. The lowest BCUT2D eigenvalue weighted by Gasteiger charge is -2.22. The van der Waals surface area contributed by atoms with Crippen molar-refractivity contribution >= 4 is 57.6 Å². The van der Waals surface area contributed by atoms with E-state index in [2.05, 4.69) is 10.6 Å². The van der Waals surface area contributed by atoms with E-state index in [1.54, 1.807) is 49.5 Å². The zero-order valence-electron chi connectivity index (χ0n) is 21.1. The number of nitro benzene ring substituents is 1. The molecule has 1 aliphatic heterocycles. The number of aliphatic imine (C=N–C) groups is 1. The molecule has 0 bridgehead atoms. The minimum atomic E-state index is -0.990. The number of rotatable bonds is 6. The number of amides is 1. The standard InChI is InChI=1S/C29H22ClN5O4S/c1-34-25-16-7-19(30)17-24(25)26(18-5-3-2-4-6-18)32-27(28(34)36)33-29(40)31-20-8-12-22(13-9-20)39-23-14-10-21(11-15-23)35(37)38/h2-17,27H,1H3,(H2,31,33,40). The second-order valence-corrected chi connectivity index (χ2v) is 9.63.